The predicted molar refractivity (Wildman–Crippen MR) is 223 cm³/mol. The molecule has 1 heterocycles. The van der Waals surface area contributed by atoms with Gasteiger partial charge in [0.1, 0.15) is 36.0 Å². The van der Waals surface area contributed by atoms with Crippen LogP contribution in [-0.2, 0) is 35.2 Å². The van der Waals surface area contributed by atoms with Crippen LogP contribution in [0, 0.1) is 11.8 Å². The Balaban J connectivity index is 2.41. The van der Waals surface area contributed by atoms with Crippen LogP contribution < -0.4 is 37.8 Å². The lowest BCUT2D eigenvalue weighted by Gasteiger charge is -2.31. The SMILES string of the molecule is CC[C@H](C)[C@@H](NC(=O)[C@@H](Cc1ccc(O)cc1)NC(=O)[C@H]1CCCN1C(=O)[C@@H](CCCN=C(N)N)NC(=O)[C@H](CCC[N+](C)(C)C)N=[N+]=[N-])C(=O)N[C@H](CC(C)C)C(=O)[O-]. The summed E-state index contributed by atoms with van der Waals surface area (Å²) >= 11 is 0. The molecule has 334 valence electrons. The Morgan fingerprint density at radius 3 is 2.15 bits per heavy atom. The van der Waals surface area contributed by atoms with E-state index < -0.39 is 77.7 Å². The maximum absolute atomic E-state index is 14.3. The molecule has 1 aromatic carbocycles. The number of aromatic hydroxyl groups is 1. The van der Waals surface area contributed by atoms with Crippen molar-refractivity contribution < 1.29 is 43.5 Å². The smallest absolute Gasteiger partial charge is 0.245 e. The summed E-state index contributed by atoms with van der Waals surface area (Å²) in [7, 11) is 5.98. The minimum absolute atomic E-state index is 0.0175. The number of rotatable bonds is 25. The molecule has 2 rings (SSSR count). The number of carboxylic acids is 1. The van der Waals surface area contributed by atoms with Crippen molar-refractivity contribution in [2.75, 3.05) is 40.8 Å². The van der Waals surface area contributed by atoms with E-state index in [1.54, 1.807) is 32.9 Å². The van der Waals surface area contributed by atoms with Gasteiger partial charge in [0.15, 0.2) is 5.96 Å². The molecule has 0 aromatic heterocycles. The summed E-state index contributed by atoms with van der Waals surface area (Å²) in [6.07, 6.45) is 2.35. The van der Waals surface area contributed by atoms with Gasteiger partial charge in [0.05, 0.1) is 39.7 Å². The molecule has 1 saturated heterocycles. The molecule has 1 aliphatic heterocycles. The van der Waals surface area contributed by atoms with Gasteiger partial charge in [0.2, 0.25) is 29.5 Å². The highest BCUT2D eigenvalue weighted by atomic mass is 16.4. The van der Waals surface area contributed by atoms with Gasteiger partial charge in [-0.1, -0.05) is 51.4 Å². The summed E-state index contributed by atoms with van der Waals surface area (Å²) in [4.78, 5) is 89.6. The summed E-state index contributed by atoms with van der Waals surface area (Å²) in [5, 5.41) is 36.2. The number of benzene rings is 1. The zero-order valence-electron chi connectivity index (χ0n) is 36.1. The Hall–Kier alpha value is -5.62. The van der Waals surface area contributed by atoms with Gasteiger partial charge in [-0.25, -0.2) is 0 Å². The Bertz CT molecular complexity index is 1690. The molecule has 60 heavy (non-hydrogen) atoms. The van der Waals surface area contributed by atoms with Crippen LogP contribution in [0.1, 0.15) is 84.6 Å². The number of hydrogen-bond acceptors (Lipinski definition) is 10. The van der Waals surface area contributed by atoms with E-state index in [1.807, 2.05) is 28.1 Å². The monoisotopic (exact) mass is 843 g/mol. The first-order chi connectivity index (χ1) is 28.2. The van der Waals surface area contributed by atoms with Crippen molar-refractivity contribution in [1.29, 1.82) is 0 Å². The first kappa shape index (κ1) is 50.5. The standard InChI is InChI=1S/C40H66N12O8/c1-8-25(4)33(37(57)47-31(39(59)60)22-24(2)3)48-35(55)30(23-26-15-17-27(53)18-16-26)46-36(56)32-14-10-20-51(32)38(58)29(12-9-19-44-40(41)42)45-34(54)28(49-50-43)13-11-21-52(5,6)7/h15-18,24-25,28-33H,8-14,19-23H2,1-7H3,(H9-,41,42,44,45,46,47,48,53,54,55,56,57,59,60)/t25-,28-,29+,30+,31+,32+,33+/m0/s1. The third-order valence-electron chi connectivity index (χ3n) is 10.3. The van der Waals surface area contributed by atoms with E-state index in [9.17, 15) is 44.5 Å². The van der Waals surface area contributed by atoms with Crippen molar-refractivity contribution in [3.63, 3.8) is 0 Å². The average molecular weight is 843 g/mol. The summed E-state index contributed by atoms with van der Waals surface area (Å²) in [5.41, 5.74) is 20.8. The fraction of sp³-hybridized carbons (Fsp3) is 0.675. The maximum Gasteiger partial charge on any atom is 0.245 e. The Morgan fingerprint density at radius 2 is 1.58 bits per heavy atom. The number of phenolic OH excluding ortho intramolecular Hbond substituents is 1. The molecule has 1 aromatic rings. The average Bonchev–Trinajstić information content (AvgIpc) is 3.67. The van der Waals surface area contributed by atoms with Gasteiger partial charge < -0.3 is 57.1 Å². The molecule has 1 fully saturated rings. The highest BCUT2D eigenvalue weighted by Crippen LogP contribution is 2.22. The lowest BCUT2D eigenvalue weighted by Crippen LogP contribution is -2.60. The topological polar surface area (TPSA) is 310 Å². The van der Waals surface area contributed by atoms with Crippen LogP contribution in [0.15, 0.2) is 34.4 Å². The van der Waals surface area contributed by atoms with Crippen molar-refractivity contribution >= 4 is 41.5 Å². The number of aliphatic imine (C=N–C) groups is 1. The number of hydrogen-bond donors (Lipinski definition) is 7. The largest absolute Gasteiger partial charge is 0.548 e. The van der Waals surface area contributed by atoms with Gasteiger partial charge in [0.25, 0.3) is 0 Å². The Labute approximate surface area is 352 Å². The number of likely N-dealkylation sites (tertiary alicyclic amines) is 1. The van der Waals surface area contributed by atoms with E-state index in [-0.39, 0.29) is 69.2 Å². The molecular weight excluding hydrogens is 777 g/mol. The van der Waals surface area contributed by atoms with E-state index in [0.29, 0.717) is 35.9 Å². The molecule has 0 unspecified atom stereocenters. The summed E-state index contributed by atoms with van der Waals surface area (Å²) in [6, 6.07) is -1.03. The molecule has 0 bridgehead atoms. The molecule has 0 saturated carbocycles. The van der Waals surface area contributed by atoms with Crippen LogP contribution >= 0.6 is 0 Å². The van der Waals surface area contributed by atoms with Gasteiger partial charge in [-0.15, -0.1) is 0 Å². The van der Waals surface area contributed by atoms with Gasteiger partial charge in [-0.2, -0.15) is 0 Å². The molecule has 0 radical (unpaired) electrons. The van der Waals surface area contributed by atoms with E-state index in [2.05, 4.69) is 36.3 Å². The Kier molecular flexibility index (Phi) is 20.6. The van der Waals surface area contributed by atoms with Crippen LogP contribution in [0.2, 0.25) is 0 Å². The zero-order valence-corrected chi connectivity index (χ0v) is 36.1. The minimum atomic E-state index is -1.46. The Morgan fingerprint density at radius 1 is 0.933 bits per heavy atom. The number of amides is 5. The molecule has 1 aliphatic rings. The highest BCUT2D eigenvalue weighted by Gasteiger charge is 2.40. The lowest BCUT2D eigenvalue weighted by atomic mass is 9.96. The van der Waals surface area contributed by atoms with Crippen LogP contribution in [0.5, 0.6) is 5.75 Å². The third-order valence-corrected chi connectivity index (χ3v) is 10.3. The van der Waals surface area contributed by atoms with Crippen molar-refractivity contribution in [1.82, 2.24) is 26.2 Å². The van der Waals surface area contributed by atoms with Gasteiger partial charge in [0, 0.05) is 24.4 Å². The number of nitrogens with zero attached hydrogens (tertiary/aromatic N) is 6. The van der Waals surface area contributed by atoms with Crippen LogP contribution in [-0.4, -0.2) is 133 Å². The molecule has 7 atom stereocenters. The molecule has 0 aliphatic carbocycles. The second-order valence-electron chi connectivity index (χ2n) is 16.9. The van der Waals surface area contributed by atoms with E-state index in [0.717, 1.165) is 0 Å². The van der Waals surface area contributed by atoms with Gasteiger partial charge in [-0.05, 0) is 80.0 Å². The normalized spacial score (nSPS) is 16.9. The van der Waals surface area contributed by atoms with Gasteiger partial charge in [-0.3, -0.25) is 29.0 Å². The zero-order chi connectivity index (χ0) is 45.2. The lowest BCUT2D eigenvalue weighted by molar-refractivity contribution is -0.870. The minimum Gasteiger partial charge on any atom is -0.548 e. The summed E-state index contributed by atoms with van der Waals surface area (Å²) in [5.74, 6) is -5.46. The molecule has 20 heteroatoms. The van der Waals surface area contributed by atoms with Crippen LogP contribution in [0.3, 0.4) is 0 Å². The highest BCUT2D eigenvalue weighted by molar-refractivity contribution is 5.96. The number of nitrogens with two attached hydrogens (primary N) is 2. The van der Waals surface area contributed by atoms with Crippen LogP contribution in [0.25, 0.3) is 10.4 Å². The first-order valence-corrected chi connectivity index (χ1v) is 20.6. The molecule has 0 spiro atoms. The second kappa shape index (κ2) is 24.5. The molecule has 9 N–H and O–H groups in total. The van der Waals surface area contributed by atoms with Crippen molar-refractivity contribution in [2.45, 2.75) is 122 Å². The number of azide groups is 1. The number of carbonyl (C=O) groups excluding carboxylic acids is 6. The number of aliphatic carboxylic acids is 1. The quantitative estimate of drug-likeness (QED) is 0.0131. The number of phenols is 1. The predicted octanol–water partition coefficient (Wildman–Crippen LogP) is -0.0741. The second-order valence-corrected chi connectivity index (χ2v) is 16.9. The first-order valence-electron chi connectivity index (χ1n) is 20.6. The van der Waals surface area contributed by atoms with Crippen molar-refractivity contribution in [2.24, 2.45) is 33.4 Å². The maximum atomic E-state index is 14.3. The molecular formula is C40H66N12O8. The van der Waals surface area contributed by atoms with Crippen LogP contribution in [0.4, 0.5) is 0 Å². The van der Waals surface area contributed by atoms with E-state index in [1.165, 1.54) is 17.0 Å². The fourth-order valence-electron chi connectivity index (χ4n) is 6.84. The van der Waals surface area contributed by atoms with E-state index in [4.69, 9.17) is 11.5 Å². The van der Waals surface area contributed by atoms with Crippen molar-refractivity contribution in [3.05, 3.63) is 40.3 Å². The third kappa shape index (κ3) is 17.3. The molecule has 5 amide bonds. The number of quaternary nitrogens is 1. The molecule has 20 nitrogen and oxygen atoms in total. The number of carboxylic acid groups (broad SMARTS) is 1. The van der Waals surface area contributed by atoms with Gasteiger partial charge >= 0.3 is 0 Å². The number of carbonyl (C=O) groups is 6. The van der Waals surface area contributed by atoms with Crippen molar-refractivity contribution in [3.8, 4) is 5.75 Å². The van der Waals surface area contributed by atoms with E-state index >= 15 is 0 Å². The summed E-state index contributed by atoms with van der Waals surface area (Å²) in [6.45, 7) is 8.16. The number of guanidine groups is 1. The summed E-state index contributed by atoms with van der Waals surface area (Å²) < 4.78 is 0.629. The fourth-order valence-corrected chi connectivity index (χ4v) is 6.84. The number of nitrogens with one attached hydrogen (secondary N) is 4.